The normalized spacial score (nSPS) is 21.1. The lowest BCUT2D eigenvalue weighted by atomic mass is 10.0. The number of aliphatic hydroxyl groups excluding tert-OH is 1. The van der Waals surface area contributed by atoms with Crippen LogP contribution in [0.15, 0.2) is 24.5 Å². The zero-order valence-corrected chi connectivity index (χ0v) is 10.9. The molecule has 0 aromatic carbocycles. The topological polar surface area (TPSA) is 42.4 Å². The smallest absolute Gasteiger partial charge is 0.0576 e. The molecule has 1 aliphatic heterocycles. The van der Waals surface area contributed by atoms with Gasteiger partial charge in [0.05, 0.1) is 12.2 Å². The Balaban J connectivity index is 1.56. The van der Waals surface area contributed by atoms with E-state index in [1.54, 1.807) is 12.4 Å². The van der Waals surface area contributed by atoms with E-state index in [-0.39, 0.29) is 6.10 Å². The number of rotatable bonds is 7. The van der Waals surface area contributed by atoms with E-state index in [1.165, 1.54) is 18.4 Å². The zero-order valence-electron chi connectivity index (χ0n) is 10.9. The van der Waals surface area contributed by atoms with Gasteiger partial charge >= 0.3 is 0 Å². The number of nitrogens with zero attached hydrogens (tertiary/aromatic N) is 1. The predicted octanol–water partition coefficient (Wildman–Crippen LogP) is 2.72. The van der Waals surface area contributed by atoms with Crippen molar-refractivity contribution in [1.82, 2.24) is 4.98 Å². The third kappa shape index (κ3) is 4.75. The Morgan fingerprint density at radius 3 is 2.89 bits per heavy atom. The zero-order chi connectivity index (χ0) is 12.6. The van der Waals surface area contributed by atoms with Crippen molar-refractivity contribution >= 4 is 0 Å². The maximum absolute atomic E-state index is 9.93. The van der Waals surface area contributed by atoms with Gasteiger partial charge in [-0.2, -0.15) is 0 Å². The summed E-state index contributed by atoms with van der Waals surface area (Å²) in [5.74, 6) is 0. The summed E-state index contributed by atoms with van der Waals surface area (Å²) in [6, 6.07) is 4.03. The molecular weight excluding hydrogens is 226 g/mol. The maximum atomic E-state index is 9.93. The first kappa shape index (κ1) is 13.5. The SMILES string of the molecule is OC(CCCC1CCCO1)CCc1ccncc1. The molecule has 0 aliphatic carbocycles. The quantitative estimate of drug-likeness (QED) is 0.808. The largest absolute Gasteiger partial charge is 0.393 e. The van der Waals surface area contributed by atoms with Crippen molar-refractivity contribution < 1.29 is 9.84 Å². The van der Waals surface area contributed by atoms with E-state index in [9.17, 15) is 5.11 Å². The van der Waals surface area contributed by atoms with Crippen molar-refractivity contribution in [1.29, 1.82) is 0 Å². The van der Waals surface area contributed by atoms with Crippen LogP contribution in [0.5, 0.6) is 0 Å². The Hall–Kier alpha value is -0.930. The van der Waals surface area contributed by atoms with Crippen LogP contribution in [-0.2, 0) is 11.2 Å². The van der Waals surface area contributed by atoms with Crippen molar-refractivity contribution in [3.8, 4) is 0 Å². The monoisotopic (exact) mass is 249 g/mol. The fraction of sp³-hybridized carbons (Fsp3) is 0.667. The fourth-order valence-corrected chi connectivity index (χ4v) is 2.48. The van der Waals surface area contributed by atoms with Gasteiger partial charge in [-0.05, 0) is 62.6 Å². The molecule has 0 spiro atoms. The van der Waals surface area contributed by atoms with Crippen molar-refractivity contribution in [2.24, 2.45) is 0 Å². The summed E-state index contributed by atoms with van der Waals surface area (Å²) in [6.45, 7) is 0.926. The Kier molecular flexibility index (Phi) is 5.62. The Morgan fingerprint density at radius 1 is 1.33 bits per heavy atom. The number of pyridine rings is 1. The first-order chi connectivity index (χ1) is 8.84. The summed E-state index contributed by atoms with van der Waals surface area (Å²) in [5, 5.41) is 9.93. The average Bonchev–Trinajstić information content (AvgIpc) is 2.91. The van der Waals surface area contributed by atoms with Crippen LogP contribution in [0.25, 0.3) is 0 Å². The van der Waals surface area contributed by atoms with Crippen LogP contribution in [0, 0.1) is 0 Å². The molecule has 1 N–H and O–H groups in total. The molecule has 0 saturated carbocycles. The molecular formula is C15H23NO2. The summed E-state index contributed by atoms with van der Waals surface area (Å²) in [5.41, 5.74) is 1.25. The van der Waals surface area contributed by atoms with Crippen molar-refractivity contribution in [2.45, 2.75) is 57.2 Å². The lowest BCUT2D eigenvalue weighted by Gasteiger charge is -2.12. The van der Waals surface area contributed by atoms with Gasteiger partial charge in [0.25, 0.3) is 0 Å². The number of hydrogen-bond donors (Lipinski definition) is 1. The first-order valence-electron chi connectivity index (χ1n) is 7.03. The van der Waals surface area contributed by atoms with E-state index in [1.807, 2.05) is 12.1 Å². The number of hydrogen-bond acceptors (Lipinski definition) is 3. The molecule has 100 valence electrons. The minimum Gasteiger partial charge on any atom is -0.393 e. The standard InChI is InChI=1S/C15H23NO2/c17-14(3-1-4-15-5-2-12-18-15)7-6-13-8-10-16-11-9-13/h8-11,14-15,17H,1-7,12H2. The average molecular weight is 249 g/mol. The second kappa shape index (κ2) is 7.49. The van der Waals surface area contributed by atoms with Crippen LogP contribution in [0.2, 0.25) is 0 Å². The van der Waals surface area contributed by atoms with Gasteiger partial charge in [-0.1, -0.05) is 0 Å². The Labute approximate surface area is 109 Å². The molecule has 3 nitrogen and oxygen atoms in total. The van der Waals surface area contributed by atoms with E-state index in [4.69, 9.17) is 4.74 Å². The van der Waals surface area contributed by atoms with Gasteiger partial charge in [0, 0.05) is 19.0 Å². The van der Waals surface area contributed by atoms with Crippen LogP contribution in [0.4, 0.5) is 0 Å². The van der Waals surface area contributed by atoms with Gasteiger partial charge < -0.3 is 9.84 Å². The summed E-state index contributed by atoms with van der Waals surface area (Å²) in [6.07, 6.45) is 11.1. The molecule has 1 aliphatic rings. The van der Waals surface area contributed by atoms with E-state index >= 15 is 0 Å². The highest BCUT2D eigenvalue weighted by Gasteiger charge is 2.15. The highest BCUT2D eigenvalue weighted by atomic mass is 16.5. The summed E-state index contributed by atoms with van der Waals surface area (Å²) in [7, 11) is 0. The Bertz CT molecular complexity index is 323. The molecule has 1 aromatic heterocycles. The fourth-order valence-electron chi connectivity index (χ4n) is 2.48. The third-order valence-corrected chi connectivity index (χ3v) is 3.60. The van der Waals surface area contributed by atoms with Gasteiger partial charge in [0.2, 0.25) is 0 Å². The van der Waals surface area contributed by atoms with Gasteiger partial charge in [0.15, 0.2) is 0 Å². The molecule has 18 heavy (non-hydrogen) atoms. The van der Waals surface area contributed by atoms with Crippen LogP contribution >= 0.6 is 0 Å². The molecule has 2 rings (SSSR count). The molecule has 3 heteroatoms. The van der Waals surface area contributed by atoms with Gasteiger partial charge in [-0.3, -0.25) is 4.98 Å². The van der Waals surface area contributed by atoms with Crippen molar-refractivity contribution in [3.05, 3.63) is 30.1 Å². The lowest BCUT2D eigenvalue weighted by molar-refractivity contribution is 0.0933. The van der Waals surface area contributed by atoms with Crippen LogP contribution in [0.1, 0.15) is 44.1 Å². The Morgan fingerprint density at radius 2 is 2.17 bits per heavy atom. The minimum absolute atomic E-state index is 0.181. The molecule has 0 bridgehead atoms. The highest BCUT2D eigenvalue weighted by molar-refractivity contribution is 5.09. The van der Waals surface area contributed by atoms with Gasteiger partial charge in [-0.25, -0.2) is 0 Å². The summed E-state index contributed by atoms with van der Waals surface area (Å²) < 4.78 is 5.58. The third-order valence-electron chi connectivity index (χ3n) is 3.60. The molecule has 2 heterocycles. The highest BCUT2D eigenvalue weighted by Crippen LogP contribution is 2.19. The van der Waals surface area contributed by atoms with E-state index in [2.05, 4.69) is 4.98 Å². The maximum Gasteiger partial charge on any atom is 0.0576 e. The van der Waals surface area contributed by atoms with Crippen LogP contribution in [0.3, 0.4) is 0 Å². The van der Waals surface area contributed by atoms with Crippen molar-refractivity contribution in [2.75, 3.05) is 6.61 Å². The van der Waals surface area contributed by atoms with Gasteiger partial charge in [-0.15, -0.1) is 0 Å². The molecule has 1 saturated heterocycles. The second-order valence-corrected chi connectivity index (χ2v) is 5.11. The molecule has 0 amide bonds. The predicted molar refractivity (Wildman–Crippen MR) is 71.4 cm³/mol. The lowest BCUT2D eigenvalue weighted by Crippen LogP contribution is -2.10. The molecule has 1 aromatic rings. The van der Waals surface area contributed by atoms with Crippen LogP contribution in [-0.4, -0.2) is 28.9 Å². The van der Waals surface area contributed by atoms with Gasteiger partial charge in [0.1, 0.15) is 0 Å². The summed E-state index contributed by atoms with van der Waals surface area (Å²) in [4.78, 5) is 3.99. The molecule has 2 atom stereocenters. The van der Waals surface area contributed by atoms with Crippen molar-refractivity contribution in [3.63, 3.8) is 0 Å². The van der Waals surface area contributed by atoms with Crippen LogP contribution < -0.4 is 0 Å². The number of aliphatic hydroxyl groups is 1. The summed E-state index contributed by atoms with van der Waals surface area (Å²) >= 11 is 0. The number of aryl methyl sites for hydroxylation is 1. The van der Waals surface area contributed by atoms with E-state index in [0.29, 0.717) is 6.10 Å². The first-order valence-corrected chi connectivity index (χ1v) is 7.03. The minimum atomic E-state index is -0.181. The molecule has 2 unspecified atom stereocenters. The van der Waals surface area contributed by atoms with E-state index in [0.717, 1.165) is 38.7 Å². The molecule has 0 radical (unpaired) electrons. The number of aromatic nitrogens is 1. The number of ether oxygens (including phenoxy) is 1. The molecule has 1 fully saturated rings. The second-order valence-electron chi connectivity index (χ2n) is 5.11. The van der Waals surface area contributed by atoms with E-state index < -0.39 is 0 Å².